The number of allylic oxidation sites excluding steroid dienone is 4. The summed E-state index contributed by atoms with van der Waals surface area (Å²) in [5, 5.41) is 0. The van der Waals surface area contributed by atoms with E-state index in [2.05, 4.69) is 89.9 Å². The quantitative estimate of drug-likeness (QED) is 0.302. The highest BCUT2D eigenvalue weighted by Gasteiger charge is 2.24. The highest BCUT2D eigenvalue weighted by atomic mass is 14.8. The minimum atomic E-state index is 0.991. The Morgan fingerprint density at radius 3 is 1.16 bits per heavy atom. The van der Waals surface area contributed by atoms with Gasteiger partial charge < -0.3 is 9.97 Å². The molecule has 0 aliphatic carbocycles. The van der Waals surface area contributed by atoms with Crippen LogP contribution in [0.25, 0.3) is 23.5 Å². The zero-order valence-corrected chi connectivity index (χ0v) is 24.9. The predicted octanol–water partition coefficient (Wildman–Crippen LogP) is 9.34. The fourth-order valence-electron chi connectivity index (χ4n) is 6.34. The van der Waals surface area contributed by atoms with E-state index in [1.165, 1.54) is 67.3 Å². The molecule has 0 spiro atoms. The van der Waals surface area contributed by atoms with Gasteiger partial charge in [0.25, 0.3) is 0 Å². The van der Waals surface area contributed by atoms with Crippen molar-refractivity contribution in [3.8, 4) is 11.4 Å². The summed E-state index contributed by atoms with van der Waals surface area (Å²) < 4.78 is 0. The van der Waals surface area contributed by atoms with Crippen LogP contribution in [0.4, 0.5) is 0 Å². The molecular weight excluding hydrogens is 464 g/mol. The molecule has 2 aliphatic rings. The maximum absolute atomic E-state index is 4.81. The average Bonchev–Trinajstić information content (AvgIpc) is 3.70. The molecule has 0 saturated carbocycles. The second kappa shape index (κ2) is 12.1. The number of nitrogens with one attached hydrogen (secondary N) is 2. The molecular formula is C34H46N4. The maximum atomic E-state index is 4.81. The Morgan fingerprint density at radius 2 is 0.868 bits per heavy atom. The summed E-state index contributed by atoms with van der Waals surface area (Å²) >= 11 is 0. The molecule has 4 heterocycles. The van der Waals surface area contributed by atoms with Gasteiger partial charge in [0.15, 0.2) is 0 Å². The Bertz CT molecular complexity index is 1270. The van der Waals surface area contributed by atoms with Crippen LogP contribution < -0.4 is 0 Å². The highest BCUT2D eigenvalue weighted by Crippen LogP contribution is 2.38. The third-order valence-corrected chi connectivity index (χ3v) is 8.31. The first kappa shape index (κ1) is 27.9. The first-order valence-electron chi connectivity index (χ1n) is 14.9. The minimum Gasteiger partial charge on any atom is -0.353 e. The lowest BCUT2D eigenvalue weighted by Crippen LogP contribution is -1.93. The summed E-state index contributed by atoms with van der Waals surface area (Å²) in [6.07, 6.45) is 16.7. The van der Waals surface area contributed by atoms with E-state index >= 15 is 0 Å². The smallest absolute Gasteiger partial charge is 0.0685 e. The van der Waals surface area contributed by atoms with Gasteiger partial charge in [-0.1, -0.05) is 55.4 Å². The largest absolute Gasteiger partial charge is 0.353 e. The highest BCUT2D eigenvalue weighted by molar-refractivity contribution is 5.89. The van der Waals surface area contributed by atoms with Crippen molar-refractivity contribution in [1.82, 2.24) is 9.97 Å². The van der Waals surface area contributed by atoms with Gasteiger partial charge in [-0.05, 0) is 108 Å². The van der Waals surface area contributed by atoms with Crippen molar-refractivity contribution in [2.45, 2.75) is 107 Å². The van der Waals surface area contributed by atoms with Crippen LogP contribution in [-0.4, -0.2) is 22.4 Å². The third-order valence-electron chi connectivity index (χ3n) is 8.31. The van der Waals surface area contributed by atoms with E-state index in [4.69, 9.17) is 9.98 Å². The van der Waals surface area contributed by atoms with Gasteiger partial charge in [-0.15, -0.1) is 0 Å². The van der Waals surface area contributed by atoms with E-state index in [1.807, 2.05) is 0 Å². The topological polar surface area (TPSA) is 56.3 Å². The summed E-state index contributed by atoms with van der Waals surface area (Å²) in [6, 6.07) is 0. The van der Waals surface area contributed by atoms with Crippen molar-refractivity contribution >= 4 is 24.6 Å². The Labute approximate surface area is 229 Å². The molecule has 0 amide bonds. The molecule has 2 aliphatic heterocycles. The van der Waals surface area contributed by atoms with Crippen molar-refractivity contribution in [3.05, 3.63) is 67.3 Å². The van der Waals surface area contributed by atoms with E-state index < -0.39 is 0 Å². The molecule has 0 unspecified atom stereocenters. The first-order chi connectivity index (χ1) is 18.5. The molecule has 0 atom stereocenters. The van der Waals surface area contributed by atoms with Crippen LogP contribution in [0.3, 0.4) is 0 Å². The molecule has 0 saturated heterocycles. The van der Waals surface area contributed by atoms with Gasteiger partial charge in [-0.25, -0.2) is 0 Å². The van der Waals surface area contributed by atoms with Gasteiger partial charge in [0.1, 0.15) is 0 Å². The number of aromatic amines is 2. The average molecular weight is 511 g/mol. The van der Waals surface area contributed by atoms with Crippen LogP contribution in [0, 0.1) is 0 Å². The zero-order chi connectivity index (χ0) is 27.4. The van der Waals surface area contributed by atoms with Crippen LogP contribution in [0.1, 0.15) is 115 Å². The van der Waals surface area contributed by atoms with Crippen molar-refractivity contribution in [3.63, 3.8) is 0 Å². The van der Waals surface area contributed by atoms with E-state index in [9.17, 15) is 0 Å². The summed E-state index contributed by atoms with van der Waals surface area (Å²) in [5.41, 5.74) is 18.2. The third kappa shape index (κ3) is 4.86. The van der Waals surface area contributed by atoms with E-state index in [0.717, 1.165) is 62.8 Å². The second-order valence-corrected chi connectivity index (χ2v) is 10.2. The molecule has 4 heteroatoms. The number of aromatic nitrogens is 2. The van der Waals surface area contributed by atoms with Crippen molar-refractivity contribution in [2.75, 3.05) is 0 Å². The van der Waals surface area contributed by atoms with Gasteiger partial charge in [0.05, 0.1) is 22.8 Å². The van der Waals surface area contributed by atoms with Crippen LogP contribution in [-0.2, 0) is 25.7 Å². The van der Waals surface area contributed by atoms with Crippen LogP contribution in [0.15, 0.2) is 43.7 Å². The minimum absolute atomic E-state index is 0.991. The molecule has 0 radical (unpaired) electrons. The maximum Gasteiger partial charge on any atom is 0.0685 e. The normalized spacial score (nSPS) is 17.5. The molecule has 0 bridgehead atoms. The Morgan fingerprint density at radius 1 is 0.500 bits per heavy atom. The number of nitrogens with zero attached hydrogens (tertiary/aromatic N) is 2. The first-order valence-corrected chi connectivity index (χ1v) is 14.9. The number of rotatable bonds is 11. The predicted molar refractivity (Wildman–Crippen MR) is 166 cm³/mol. The molecule has 202 valence electrons. The van der Waals surface area contributed by atoms with Gasteiger partial charge in [0.2, 0.25) is 0 Å². The lowest BCUT2D eigenvalue weighted by atomic mass is 9.97. The van der Waals surface area contributed by atoms with E-state index in [0.29, 0.717) is 0 Å². The van der Waals surface area contributed by atoms with Gasteiger partial charge >= 0.3 is 0 Å². The van der Waals surface area contributed by atoms with Crippen LogP contribution in [0.5, 0.6) is 0 Å². The van der Waals surface area contributed by atoms with Crippen molar-refractivity contribution in [2.24, 2.45) is 9.98 Å². The monoisotopic (exact) mass is 510 g/mol. The van der Waals surface area contributed by atoms with Crippen molar-refractivity contribution in [1.29, 1.82) is 0 Å². The fraction of sp³-hybridized carbons (Fsp3) is 0.471. The van der Waals surface area contributed by atoms with E-state index in [1.54, 1.807) is 0 Å². The van der Waals surface area contributed by atoms with Crippen LogP contribution in [0.2, 0.25) is 0 Å². The molecule has 2 N–H and O–H groups in total. The van der Waals surface area contributed by atoms with Gasteiger partial charge in [0, 0.05) is 23.8 Å². The lowest BCUT2D eigenvalue weighted by Gasteiger charge is -2.06. The summed E-state index contributed by atoms with van der Waals surface area (Å²) in [7, 11) is 0. The molecule has 2 aromatic heterocycles. The standard InChI is InChI=1S/C34H46N4/c1-9-21-19-35-29(23(21)11-3)17-31-25(13-5)27(15-7)33(37-31)34-28(16-8)26(14-6)32(38-34)18-30-24(12-4)22(10-2)20-36-30/h17-20,37-38H,9-16H2,1-8H3/b29-17-,30-18-. The Hall–Kier alpha value is -3.14. The van der Waals surface area contributed by atoms with Crippen LogP contribution >= 0.6 is 0 Å². The van der Waals surface area contributed by atoms with Crippen molar-refractivity contribution < 1.29 is 0 Å². The molecule has 0 aromatic carbocycles. The number of H-pyrrole nitrogens is 2. The Kier molecular flexibility index (Phi) is 8.91. The Balaban J connectivity index is 1.88. The summed E-state index contributed by atoms with van der Waals surface area (Å²) in [4.78, 5) is 17.4. The molecule has 38 heavy (non-hydrogen) atoms. The lowest BCUT2D eigenvalue weighted by molar-refractivity contribution is 1.04. The summed E-state index contributed by atoms with van der Waals surface area (Å²) in [6.45, 7) is 18.0. The number of hydrogen-bond donors (Lipinski definition) is 2. The zero-order valence-electron chi connectivity index (χ0n) is 24.9. The number of aliphatic imine (C=N–C) groups is 2. The van der Waals surface area contributed by atoms with Gasteiger partial charge in [-0.2, -0.15) is 0 Å². The van der Waals surface area contributed by atoms with E-state index in [-0.39, 0.29) is 0 Å². The number of hydrogen-bond acceptors (Lipinski definition) is 2. The summed E-state index contributed by atoms with van der Waals surface area (Å²) in [5.74, 6) is 0. The molecule has 0 fully saturated rings. The molecule has 4 rings (SSSR count). The fourth-order valence-corrected chi connectivity index (χ4v) is 6.34. The van der Waals surface area contributed by atoms with Gasteiger partial charge in [-0.3, -0.25) is 9.98 Å². The second-order valence-electron chi connectivity index (χ2n) is 10.2. The SMILES string of the molecule is CCC1=C(CC)/C(=C/c2[nH]c(-c3[nH]c(/C=C4\N=CC(CC)=C4CC)c(CC)c3CC)c(CC)c2CC)N=C1. The molecule has 4 nitrogen and oxygen atoms in total. The molecule has 2 aromatic rings.